The van der Waals surface area contributed by atoms with E-state index in [1.165, 1.54) is 6.08 Å². The van der Waals surface area contributed by atoms with Crippen LogP contribution < -0.4 is 14.8 Å². The number of carbonyl (C=O) groups is 3. The van der Waals surface area contributed by atoms with Crippen LogP contribution in [0.4, 0.5) is 4.79 Å². The number of barbiturate groups is 1. The molecule has 0 spiro atoms. The minimum atomic E-state index is -0.733. The Morgan fingerprint density at radius 2 is 1.28 bits per heavy atom. The molecule has 1 fully saturated rings. The molecule has 0 unspecified atom stereocenters. The van der Waals surface area contributed by atoms with Crippen LogP contribution in [0.5, 0.6) is 11.5 Å². The van der Waals surface area contributed by atoms with Crippen molar-refractivity contribution in [3.63, 3.8) is 0 Å². The van der Waals surface area contributed by atoms with Crippen LogP contribution >= 0.6 is 0 Å². The topological polar surface area (TPSA) is 94.2 Å². The Bertz CT molecular complexity index is 1210. The lowest BCUT2D eigenvalue weighted by molar-refractivity contribution is -0.130. The number of hydrogen-bond donors (Lipinski definition) is 1. The highest BCUT2D eigenvalue weighted by atomic mass is 16.5. The van der Waals surface area contributed by atoms with Crippen LogP contribution in [0.2, 0.25) is 0 Å². The first kappa shape index (κ1) is 24.7. The number of para-hydroxylation sites is 1. The van der Waals surface area contributed by atoms with Crippen LogP contribution in [0.3, 0.4) is 0 Å². The number of nitrogens with one attached hydrogen (secondary N) is 1. The molecule has 0 atom stereocenters. The third-order valence-corrected chi connectivity index (χ3v) is 5.30. The van der Waals surface area contributed by atoms with E-state index in [2.05, 4.69) is 5.32 Å². The van der Waals surface area contributed by atoms with Crippen molar-refractivity contribution >= 4 is 23.9 Å². The quantitative estimate of drug-likeness (QED) is 0.252. The summed E-state index contributed by atoms with van der Waals surface area (Å²) in [6.45, 7) is 1.75. The van der Waals surface area contributed by atoms with Gasteiger partial charge in [-0.3, -0.25) is 19.8 Å². The zero-order valence-electron chi connectivity index (χ0n) is 19.6. The first-order chi connectivity index (χ1) is 17.6. The summed E-state index contributed by atoms with van der Waals surface area (Å²) in [6.07, 6.45) is 1.46. The monoisotopic (exact) mass is 486 g/mol. The van der Waals surface area contributed by atoms with Crippen LogP contribution in [0.15, 0.2) is 90.5 Å². The van der Waals surface area contributed by atoms with Crippen molar-refractivity contribution in [2.45, 2.75) is 6.54 Å². The van der Waals surface area contributed by atoms with Gasteiger partial charge in [0.15, 0.2) is 0 Å². The standard InChI is InChI=1S/C28H26N2O6/c31-26-25(27(32)30(28(33)29-26)20-22-7-3-1-4-8-22)19-21-11-13-24(14-12-21)36-18-16-34-15-17-35-23-9-5-2-6-10-23/h1-14,19H,15-18,20H2,(H,29,31,33)/b25-19+. The number of nitrogens with zero attached hydrogens (tertiary/aromatic N) is 1. The van der Waals surface area contributed by atoms with Crippen LogP contribution in [0.25, 0.3) is 6.08 Å². The predicted octanol–water partition coefficient (Wildman–Crippen LogP) is 3.82. The van der Waals surface area contributed by atoms with Crippen molar-refractivity contribution in [1.82, 2.24) is 10.2 Å². The molecule has 0 bridgehead atoms. The summed E-state index contributed by atoms with van der Waals surface area (Å²) >= 11 is 0. The SMILES string of the molecule is O=C1NC(=O)N(Cc2ccccc2)C(=O)/C1=C/c1ccc(OCCOCCOc2ccccc2)cc1. The van der Waals surface area contributed by atoms with E-state index in [4.69, 9.17) is 14.2 Å². The fourth-order valence-corrected chi connectivity index (χ4v) is 3.49. The molecule has 1 heterocycles. The summed E-state index contributed by atoms with van der Waals surface area (Å²) < 4.78 is 16.7. The second-order valence-electron chi connectivity index (χ2n) is 7.89. The Morgan fingerprint density at radius 3 is 1.92 bits per heavy atom. The molecule has 1 aliphatic heterocycles. The van der Waals surface area contributed by atoms with E-state index in [1.54, 1.807) is 24.3 Å². The average Bonchev–Trinajstić information content (AvgIpc) is 2.90. The van der Waals surface area contributed by atoms with Crippen molar-refractivity contribution in [2.24, 2.45) is 0 Å². The number of ether oxygens (including phenoxy) is 3. The third-order valence-electron chi connectivity index (χ3n) is 5.30. The van der Waals surface area contributed by atoms with Crippen LogP contribution in [0, 0.1) is 0 Å². The molecule has 8 heteroatoms. The fourth-order valence-electron chi connectivity index (χ4n) is 3.49. The summed E-state index contributed by atoms with van der Waals surface area (Å²) in [5, 5.41) is 2.23. The van der Waals surface area contributed by atoms with Crippen molar-refractivity contribution in [1.29, 1.82) is 0 Å². The molecule has 3 aromatic rings. The van der Waals surface area contributed by atoms with Crippen molar-refractivity contribution in [3.8, 4) is 11.5 Å². The maximum absolute atomic E-state index is 12.9. The molecule has 1 saturated heterocycles. The molecular formula is C28H26N2O6. The molecule has 4 amide bonds. The highest BCUT2D eigenvalue weighted by molar-refractivity contribution is 6.30. The summed E-state index contributed by atoms with van der Waals surface area (Å²) in [6, 6.07) is 24.8. The minimum absolute atomic E-state index is 0.0728. The highest BCUT2D eigenvalue weighted by Gasteiger charge is 2.35. The van der Waals surface area contributed by atoms with Gasteiger partial charge < -0.3 is 14.2 Å². The van der Waals surface area contributed by atoms with Gasteiger partial charge in [-0.25, -0.2) is 4.79 Å². The lowest BCUT2D eigenvalue weighted by Gasteiger charge is -2.26. The van der Waals surface area contributed by atoms with E-state index in [0.29, 0.717) is 37.7 Å². The van der Waals surface area contributed by atoms with Gasteiger partial charge in [0.1, 0.15) is 30.3 Å². The zero-order chi connectivity index (χ0) is 25.2. The van der Waals surface area contributed by atoms with Gasteiger partial charge in [0, 0.05) is 0 Å². The van der Waals surface area contributed by atoms with Gasteiger partial charge in [0.05, 0.1) is 19.8 Å². The van der Waals surface area contributed by atoms with E-state index in [0.717, 1.165) is 16.2 Å². The lowest BCUT2D eigenvalue weighted by atomic mass is 10.1. The first-order valence-electron chi connectivity index (χ1n) is 11.5. The molecule has 0 aliphatic carbocycles. The summed E-state index contributed by atoms with van der Waals surface area (Å²) in [7, 11) is 0. The minimum Gasteiger partial charge on any atom is -0.491 e. The number of rotatable bonds is 11. The van der Waals surface area contributed by atoms with Crippen LogP contribution in [-0.2, 0) is 20.9 Å². The maximum atomic E-state index is 12.9. The van der Waals surface area contributed by atoms with Gasteiger partial charge in [-0.2, -0.15) is 0 Å². The number of urea groups is 1. The van der Waals surface area contributed by atoms with E-state index in [1.807, 2.05) is 60.7 Å². The Balaban J connectivity index is 1.25. The number of benzene rings is 3. The molecule has 4 rings (SSSR count). The fraction of sp³-hybridized carbons (Fsp3) is 0.179. The van der Waals surface area contributed by atoms with Crippen molar-refractivity contribution in [3.05, 3.63) is 102 Å². The molecule has 8 nitrogen and oxygen atoms in total. The Morgan fingerprint density at radius 1 is 0.694 bits per heavy atom. The largest absolute Gasteiger partial charge is 0.491 e. The molecule has 3 aromatic carbocycles. The average molecular weight is 487 g/mol. The maximum Gasteiger partial charge on any atom is 0.331 e. The van der Waals surface area contributed by atoms with Crippen LogP contribution in [0.1, 0.15) is 11.1 Å². The summed E-state index contributed by atoms with van der Waals surface area (Å²) in [4.78, 5) is 38.4. The van der Waals surface area contributed by atoms with Crippen LogP contribution in [-0.4, -0.2) is 49.2 Å². The van der Waals surface area contributed by atoms with Gasteiger partial charge in [-0.15, -0.1) is 0 Å². The smallest absolute Gasteiger partial charge is 0.331 e. The molecule has 1 aliphatic rings. The molecular weight excluding hydrogens is 460 g/mol. The van der Waals surface area contributed by atoms with E-state index >= 15 is 0 Å². The normalized spacial score (nSPS) is 14.6. The van der Waals surface area contributed by atoms with E-state index < -0.39 is 17.8 Å². The Kier molecular flexibility index (Phi) is 8.45. The lowest BCUT2D eigenvalue weighted by Crippen LogP contribution is -2.53. The Labute approximate surface area is 209 Å². The van der Waals surface area contributed by atoms with Crippen molar-refractivity contribution < 1.29 is 28.6 Å². The summed E-state index contributed by atoms with van der Waals surface area (Å²) in [5.74, 6) is 0.0706. The first-order valence-corrected chi connectivity index (χ1v) is 11.5. The molecule has 0 saturated carbocycles. The summed E-state index contributed by atoms with van der Waals surface area (Å²) in [5.41, 5.74) is 1.30. The number of imide groups is 2. The molecule has 0 aromatic heterocycles. The predicted molar refractivity (Wildman–Crippen MR) is 133 cm³/mol. The van der Waals surface area contributed by atoms with Gasteiger partial charge >= 0.3 is 6.03 Å². The zero-order valence-corrected chi connectivity index (χ0v) is 19.6. The second kappa shape index (κ2) is 12.3. The number of hydrogen-bond acceptors (Lipinski definition) is 6. The molecule has 0 radical (unpaired) electrons. The highest BCUT2D eigenvalue weighted by Crippen LogP contribution is 2.19. The van der Waals surface area contributed by atoms with Gasteiger partial charge in [0.25, 0.3) is 11.8 Å². The molecule has 1 N–H and O–H groups in total. The van der Waals surface area contributed by atoms with E-state index in [9.17, 15) is 14.4 Å². The van der Waals surface area contributed by atoms with E-state index in [-0.39, 0.29) is 12.1 Å². The van der Waals surface area contributed by atoms with Gasteiger partial charge in [0.2, 0.25) is 0 Å². The Hall–Kier alpha value is -4.43. The second-order valence-corrected chi connectivity index (χ2v) is 7.89. The molecule has 184 valence electrons. The number of carbonyl (C=O) groups excluding carboxylic acids is 3. The van der Waals surface area contributed by atoms with Gasteiger partial charge in [-0.1, -0.05) is 60.7 Å². The van der Waals surface area contributed by atoms with Crippen molar-refractivity contribution in [2.75, 3.05) is 26.4 Å². The third kappa shape index (κ3) is 6.80. The molecule has 36 heavy (non-hydrogen) atoms. The van der Waals surface area contributed by atoms with Gasteiger partial charge in [-0.05, 0) is 41.5 Å². The number of amides is 4.